The largest absolute Gasteiger partial charge is 0.465 e. The molecule has 0 spiro atoms. The number of primary amides is 1. The van der Waals surface area contributed by atoms with Crippen LogP contribution in [0.3, 0.4) is 0 Å². The van der Waals surface area contributed by atoms with Crippen LogP contribution < -0.4 is 5.73 Å². The van der Waals surface area contributed by atoms with E-state index in [9.17, 15) is 14.4 Å². The van der Waals surface area contributed by atoms with E-state index in [0.717, 1.165) is 12.8 Å². The molecule has 0 aliphatic carbocycles. The van der Waals surface area contributed by atoms with Gasteiger partial charge in [0.2, 0.25) is 0 Å². The summed E-state index contributed by atoms with van der Waals surface area (Å²) in [5.41, 5.74) is 2.72. The van der Waals surface area contributed by atoms with Crippen LogP contribution >= 0.6 is 0 Å². The van der Waals surface area contributed by atoms with Crippen molar-refractivity contribution in [3.8, 4) is 0 Å². The van der Waals surface area contributed by atoms with Gasteiger partial charge in [0.15, 0.2) is 6.10 Å². The van der Waals surface area contributed by atoms with Crippen LogP contribution in [-0.2, 0) is 23.9 Å². The van der Waals surface area contributed by atoms with Gasteiger partial charge in [-0.25, -0.2) is 0 Å². The molecule has 0 aliphatic heterocycles. The number of hydrogen-bond acceptors (Lipinski definition) is 5. The van der Waals surface area contributed by atoms with Gasteiger partial charge in [-0.05, 0) is 57.8 Å². The van der Waals surface area contributed by atoms with Crippen molar-refractivity contribution in [3.63, 3.8) is 0 Å². The van der Waals surface area contributed by atoms with Crippen LogP contribution in [0, 0.1) is 21.7 Å². The fourth-order valence-electron chi connectivity index (χ4n) is 3.84. The summed E-state index contributed by atoms with van der Waals surface area (Å²) in [5.74, 6) is -1.35. The molecule has 0 fully saturated rings. The van der Waals surface area contributed by atoms with E-state index in [1.54, 1.807) is 0 Å². The van der Waals surface area contributed by atoms with Gasteiger partial charge >= 0.3 is 11.9 Å². The van der Waals surface area contributed by atoms with Gasteiger partial charge in [-0.2, -0.15) is 0 Å². The molecule has 0 aromatic heterocycles. The number of rotatable bonds is 12. The molecule has 2 atom stereocenters. The Balaban J connectivity index is 5.70. The standard InChI is InChI=1S/C23H43NO5/c1-11-13-14-28-18(26)20(4,5)15-21(6,7)22(8,9)23(10,12-2)19(27)29-16(3)17(24)25/h16H,11-15H2,1-10H3,(H2,24,25). The van der Waals surface area contributed by atoms with E-state index in [-0.39, 0.29) is 5.97 Å². The van der Waals surface area contributed by atoms with Gasteiger partial charge in [0, 0.05) is 0 Å². The van der Waals surface area contributed by atoms with Crippen molar-refractivity contribution in [3.05, 3.63) is 0 Å². The van der Waals surface area contributed by atoms with Crippen LogP contribution in [0.25, 0.3) is 0 Å². The Kier molecular flexibility index (Phi) is 9.40. The molecule has 29 heavy (non-hydrogen) atoms. The first kappa shape index (κ1) is 27.4. The SMILES string of the molecule is CCCCOC(=O)C(C)(C)CC(C)(C)C(C)(C)C(C)(CC)C(=O)OC(C)C(N)=O. The van der Waals surface area contributed by atoms with E-state index in [0.29, 0.717) is 19.4 Å². The summed E-state index contributed by atoms with van der Waals surface area (Å²) in [6.07, 6.45) is 1.88. The molecule has 0 aliphatic rings. The van der Waals surface area contributed by atoms with E-state index in [2.05, 4.69) is 13.8 Å². The van der Waals surface area contributed by atoms with E-state index in [1.165, 1.54) is 6.92 Å². The average molecular weight is 414 g/mol. The van der Waals surface area contributed by atoms with Crippen molar-refractivity contribution < 1.29 is 23.9 Å². The van der Waals surface area contributed by atoms with Crippen molar-refractivity contribution in [1.29, 1.82) is 0 Å². The molecule has 0 rings (SSSR count). The second kappa shape index (κ2) is 9.94. The predicted octanol–water partition coefficient (Wildman–Crippen LogP) is 4.63. The summed E-state index contributed by atoms with van der Waals surface area (Å²) in [5, 5.41) is 0. The summed E-state index contributed by atoms with van der Waals surface area (Å²) in [4.78, 5) is 37.1. The minimum Gasteiger partial charge on any atom is -0.465 e. The summed E-state index contributed by atoms with van der Waals surface area (Å²) in [6, 6.07) is 0. The van der Waals surface area contributed by atoms with Crippen molar-refractivity contribution >= 4 is 17.8 Å². The molecule has 170 valence electrons. The second-order valence-electron chi connectivity index (χ2n) is 10.2. The monoisotopic (exact) mass is 413 g/mol. The highest BCUT2D eigenvalue weighted by Crippen LogP contribution is 2.57. The quantitative estimate of drug-likeness (QED) is 0.372. The van der Waals surface area contributed by atoms with Gasteiger partial charge in [-0.15, -0.1) is 0 Å². The minimum absolute atomic E-state index is 0.224. The van der Waals surface area contributed by atoms with Crippen LogP contribution in [0.1, 0.15) is 94.9 Å². The molecule has 2 N–H and O–H groups in total. The number of carbonyl (C=O) groups excluding carboxylic acids is 3. The van der Waals surface area contributed by atoms with Gasteiger partial charge < -0.3 is 15.2 Å². The van der Waals surface area contributed by atoms with Crippen molar-refractivity contribution in [2.45, 2.75) is 101 Å². The first-order valence-electron chi connectivity index (χ1n) is 10.7. The number of esters is 2. The molecule has 1 amide bonds. The van der Waals surface area contributed by atoms with Crippen LogP contribution in [0.15, 0.2) is 0 Å². The predicted molar refractivity (Wildman–Crippen MR) is 115 cm³/mol. The first-order chi connectivity index (χ1) is 13.0. The van der Waals surface area contributed by atoms with Crippen LogP contribution in [0.5, 0.6) is 0 Å². The lowest BCUT2D eigenvalue weighted by atomic mass is 9.50. The molecule has 0 radical (unpaired) electrons. The van der Waals surface area contributed by atoms with Crippen molar-refractivity contribution in [2.24, 2.45) is 27.4 Å². The molecule has 0 saturated heterocycles. The van der Waals surface area contributed by atoms with Gasteiger partial charge in [0.05, 0.1) is 17.4 Å². The Hall–Kier alpha value is -1.59. The van der Waals surface area contributed by atoms with Crippen molar-refractivity contribution in [1.82, 2.24) is 0 Å². The van der Waals surface area contributed by atoms with Crippen LogP contribution in [0.4, 0.5) is 0 Å². The molecule has 0 saturated carbocycles. The number of carbonyl (C=O) groups is 3. The van der Waals surface area contributed by atoms with Crippen LogP contribution in [-0.4, -0.2) is 30.6 Å². The molecule has 0 heterocycles. The number of nitrogens with two attached hydrogens (primary N) is 1. The second-order valence-corrected chi connectivity index (χ2v) is 10.2. The fourth-order valence-corrected chi connectivity index (χ4v) is 3.84. The lowest BCUT2D eigenvalue weighted by Crippen LogP contribution is -2.53. The zero-order valence-electron chi connectivity index (χ0n) is 20.2. The highest BCUT2D eigenvalue weighted by molar-refractivity contribution is 5.84. The third-order valence-electron chi connectivity index (χ3n) is 7.08. The lowest BCUT2D eigenvalue weighted by Gasteiger charge is -2.53. The number of amides is 1. The minimum atomic E-state index is -0.989. The highest BCUT2D eigenvalue weighted by Gasteiger charge is 2.56. The maximum atomic E-state index is 13.1. The molecule has 2 unspecified atom stereocenters. The van der Waals surface area contributed by atoms with E-state index >= 15 is 0 Å². The normalized spacial score (nSPS) is 15.9. The summed E-state index contributed by atoms with van der Waals surface area (Å²) >= 11 is 0. The highest BCUT2D eigenvalue weighted by atomic mass is 16.5. The van der Waals surface area contributed by atoms with E-state index in [4.69, 9.17) is 15.2 Å². The summed E-state index contributed by atoms with van der Waals surface area (Å²) in [6.45, 7) is 19.7. The molecule has 0 aromatic carbocycles. The molecule has 0 aromatic rings. The van der Waals surface area contributed by atoms with Gasteiger partial charge in [-0.1, -0.05) is 48.0 Å². The average Bonchev–Trinajstić information content (AvgIpc) is 2.59. The Morgan fingerprint density at radius 2 is 1.45 bits per heavy atom. The Morgan fingerprint density at radius 3 is 1.86 bits per heavy atom. The topological polar surface area (TPSA) is 95.7 Å². The number of unbranched alkanes of at least 4 members (excludes halogenated alkanes) is 1. The zero-order chi connectivity index (χ0) is 23.3. The Labute approximate surface area is 177 Å². The zero-order valence-corrected chi connectivity index (χ0v) is 20.2. The maximum Gasteiger partial charge on any atom is 0.313 e. The van der Waals surface area contributed by atoms with Crippen LogP contribution in [0.2, 0.25) is 0 Å². The van der Waals surface area contributed by atoms with Gasteiger partial charge in [0.1, 0.15) is 0 Å². The number of ether oxygens (including phenoxy) is 2. The molecular formula is C23H43NO5. The maximum absolute atomic E-state index is 13.1. The molecule has 0 bridgehead atoms. The van der Waals surface area contributed by atoms with Gasteiger partial charge in [0.25, 0.3) is 5.91 Å². The van der Waals surface area contributed by atoms with Gasteiger partial charge in [-0.3, -0.25) is 14.4 Å². The lowest BCUT2D eigenvalue weighted by molar-refractivity contribution is -0.179. The third kappa shape index (κ3) is 6.19. The Bertz CT molecular complexity index is 594. The fraction of sp³-hybridized carbons (Fsp3) is 0.870. The molecule has 6 heteroatoms. The Morgan fingerprint density at radius 1 is 0.931 bits per heavy atom. The summed E-state index contributed by atoms with van der Waals surface area (Å²) < 4.78 is 10.8. The van der Waals surface area contributed by atoms with Crippen molar-refractivity contribution in [2.75, 3.05) is 6.61 Å². The third-order valence-corrected chi connectivity index (χ3v) is 7.08. The first-order valence-corrected chi connectivity index (χ1v) is 10.7. The smallest absolute Gasteiger partial charge is 0.313 e. The summed E-state index contributed by atoms with van der Waals surface area (Å²) in [7, 11) is 0. The molecule has 6 nitrogen and oxygen atoms in total. The van der Waals surface area contributed by atoms with E-state index < -0.39 is 39.6 Å². The van der Waals surface area contributed by atoms with E-state index in [1.807, 2.05) is 48.5 Å². The number of hydrogen-bond donors (Lipinski definition) is 1. The molecular weight excluding hydrogens is 370 g/mol.